The van der Waals surface area contributed by atoms with Gasteiger partial charge in [-0.15, -0.1) is 0 Å². The molecule has 0 fully saturated rings. The second-order valence-electron chi connectivity index (χ2n) is 6.12. The van der Waals surface area contributed by atoms with E-state index in [0.29, 0.717) is 18.2 Å². The summed E-state index contributed by atoms with van der Waals surface area (Å²) in [7, 11) is 1.93. The second-order valence-corrected chi connectivity index (χ2v) is 7.80. The molecule has 0 amide bonds. The molecule has 27 heavy (non-hydrogen) atoms. The number of aryl methyl sites for hydroxylation is 1. The van der Waals surface area contributed by atoms with Crippen LogP contribution in [0.1, 0.15) is 18.2 Å². The van der Waals surface area contributed by atoms with E-state index in [4.69, 9.17) is 23.8 Å². The minimum atomic E-state index is 0.607. The molecule has 0 saturated heterocycles. The van der Waals surface area contributed by atoms with Crippen molar-refractivity contribution in [2.24, 2.45) is 0 Å². The standard InChI is InChI=1S/C18H20BrClN6S/c1-3-25-11-16(19)17(23-25)12-24(2)18(27)22-15-8-21-26(10-15)9-13-5-4-6-14(20)7-13/h4-8,10-11H,3,9,12H2,1-2H3,(H,22,27). The van der Waals surface area contributed by atoms with Crippen molar-refractivity contribution in [2.45, 2.75) is 26.6 Å². The zero-order valence-electron chi connectivity index (χ0n) is 15.1. The van der Waals surface area contributed by atoms with E-state index >= 15 is 0 Å². The summed E-state index contributed by atoms with van der Waals surface area (Å²) < 4.78 is 4.72. The maximum atomic E-state index is 6.03. The van der Waals surface area contributed by atoms with Crippen LogP contribution in [0.2, 0.25) is 5.02 Å². The lowest BCUT2D eigenvalue weighted by molar-refractivity contribution is 0.491. The van der Waals surface area contributed by atoms with E-state index in [9.17, 15) is 0 Å². The maximum Gasteiger partial charge on any atom is 0.173 e. The van der Waals surface area contributed by atoms with Gasteiger partial charge in [-0.25, -0.2) is 0 Å². The Kier molecular flexibility index (Phi) is 6.51. The van der Waals surface area contributed by atoms with Crippen LogP contribution in [0.25, 0.3) is 0 Å². The van der Waals surface area contributed by atoms with E-state index in [-0.39, 0.29) is 0 Å². The van der Waals surface area contributed by atoms with Crippen molar-refractivity contribution < 1.29 is 0 Å². The largest absolute Gasteiger partial charge is 0.346 e. The zero-order valence-corrected chi connectivity index (χ0v) is 18.2. The minimum absolute atomic E-state index is 0.607. The van der Waals surface area contributed by atoms with E-state index in [1.165, 1.54) is 0 Å². The van der Waals surface area contributed by atoms with Crippen molar-refractivity contribution in [3.8, 4) is 0 Å². The molecule has 142 valence electrons. The molecule has 3 rings (SSSR count). The Labute approximate surface area is 177 Å². The lowest BCUT2D eigenvalue weighted by Gasteiger charge is -2.19. The van der Waals surface area contributed by atoms with Crippen molar-refractivity contribution in [3.63, 3.8) is 0 Å². The molecular weight excluding hydrogens is 448 g/mol. The van der Waals surface area contributed by atoms with Gasteiger partial charge in [-0.1, -0.05) is 23.7 Å². The van der Waals surface area contributed by atoms with Crippen molar-refractivity contribution in [1.29, 1.82) is 0 Å². The van der Waals surface area contributed by atoms with Gasteiger partial charge in [0.25, 0.3) is 0 Å². The van der Waals surface area contributed by atoms with Gasteiger partial charge >= 0.3 is 0 Å². The Hall–Kier alpha value is -1.90. The summed E-state index contributed by atoms with van der Waals surface area (Å²) >= 11 is 15.1. The molecule has 2 aromatic heterocycles. The van der Waals surface area contributed by atoms with Crippen molar-refractivity contribution in [1.82, 2.24) is 24.5 Å². The van der Waals surface area contributed by atoms with Crippen LogP contribution in [-0.4, -0.2) is 36.6 Å². The summed E-state index contributed by atoms with van der Waals surface area (Å²) in [6.45, 7) is 4.14. The van der Waals surface area contributed by atoms with Gasteiger partial charge in [0.15, 0.2) is 5.11 Å². The third-order valence-electron chi connectivity index (χ3n) is 3.96. The molecule has 1 N–H and O–H groups in total. The van der Waals surface area contributed by atoms with Gasteiger partial charge in [-0.05, 0) is 52.8 Å². The number of rotatable bonds is 6. The minimum Gasteiger partial charge on any atom is -0.346 e. The molecule has 0 aliphatic rings. The first-order valence-electron chi connectivity index (χ1n) is 8.45. The highest BCUT2D eigenvalue weighted by Crippen LogP contribution is 2.17. The topological polar surface area (TPSA) is 50.9 Å². The Bertz CT molecular complexity index is 938. The number of aromatic nitrogens is 4. The Balaban J connectivity index is 1.59. The Morgan fingerprint density at radius 2 is 2.15 bits per heavy atom. The zero-order chi connectivity index (χ0) is 19.4. The van der Waals surface area contributed by atoms with E-state index in [2.05, 4.69) is 38.4 Å². The van der Waals surface area contributed by atoms with E-state index in [0.717, 1.165) is 33.0 Å². The quantitative estimate of drug-likeness (QED) is 0.545. The number of hydrogen-bond acceptors (Lipinski definition) is 3. The van der Waals surface area contributed by atoms with E-state index in [1.807, 2.05) is 58.0 Å². The molecular formula is C18H20BrClN6S. The molecule has 0 radical (unpaired) electrons. The van der Waals surface area contributed by atoms with Crippen molar-refractivity contribution in [2.75, 3.05) is 12.4 Å². The maximum absolute atomic E-state index is 6.03. The normalized spacial score (nSPS) is 10.8. The number of nitrogens with one attached hydrogen (secondary N) is 1. The first kappa shape index (κ1) is 19.9. The number of anilines is 1. The van der Waals surface area contributed by atoms with E-state index < -0.39 is 0 Å². The van der Waals surface area contributed by atoms with Gasteiger partial charge in [0, 0.05) is 31.0 Å². The summed E-state index contributed by atoms with van der Waals surface area (Å²) in [5, 5.41) is 13.4. The van der Waals surface area contributed by atoms with Gasteiger partial charge in [0.2, 0.25) is 0 Å². The molecule has 1 aromatic carbocycles. The van der Waals surface area contributed by atoms with Gasteiger partial charge in [-0.2, -0.15) is 10.2 Å². The molecule has 0 unspecified atom stereocenters. The fourth-order valence-electron chi connectivity index (χ4n) is 2.56. The second kappa shape index (κ2) is 8.86. The summed E-state index contributed by atoms with van der Waals surface area (Å²) in [6.07, 6.45) is 5.65. The van der Waals surface area contributed by atoms with Crippen LogP contribution in [0, 0.1) is 0 Å². The van der Waals surface area contributed by atoms with Gasteiger partial charge in [0.05, 0.1) is 35.1 Å². The molecule has 0 bridgehead atoms. The average molecular weight is 468 g/mol. The Morgan fingerprint density at radius 3 is 2.85 bits per heavy atom. The first-order chi connectivity index (χ1) is 12.9. The number of nitrogens with zero attached hydrogens (tertiary/aromatic N) is 5. The van der Waals surface area contributed by atoms with Crippen molar-refractivity contribution >= 4 is 50.5 Å². The van der Waals surface area contributed by atoms with Gasteiger partial charge in [-0.3, -0.25) is 9.36 Å². The molecule has 0 atom stereocenters. The number of thiocarbonyl (C=S) groups is 1. The first-order valence-corrected chi connectivity index (χ1v) is 10.0. The highest BCUT2D eigenvalue weighted by atomic mass is 79.9. The van der Waals surface area contributed by atoms with E-state index in [1.54, 1.807) is 6.20 Å². The van der Waals surface area contributed by atoms with Crippen LogP contribution in [0.3, 0.4) is 0 Å². The molecule has 6 nitrogen and oxygen atoms in total. The molecule has 0 spiro atoms. The lowest BCUT2D eigenvalue weighted by Crippen LogP contribution is -2.30. The molecule has 9 heteroatoms. The fraction of sp³-hybridized carbons (Fsp3) is 0.278. The fourth-order valence-corrected chi connectivity index (χ4v) is 3.39. The van der Waals surface area contributed by atoms with Gasteiger partial charge in [0.1, 0.15) is 0 Å². The summed E-state index contributed by atoms with van der Waals surface area (Å²) in [5.41, 5.74) is 2.88. The van der Waals surface area contributed by atoms with Crippen LogP contribution in [-0.2, 0) is 19.6 Å². The monoisotopic (exact) mass is 466 g/mol. The lowest BCUT2D eigenvalue weighted by atomic mass is 10.2. The van der Waals surface area contributed by atoms with Crippen LogP contribution in [0.5, 0.6) is 0 Å². The highest BCUT2D eigenvalue weighted by molar-refractivity contribution is 9.10. The Morgan fingerprint density at radius 1 is 1.33 bits per heavy atom. The predicted molar refractivity (Wildman–Crippen MR) is 116 cm³/mol. The molecule has 0 saturated carbocycles. The highest BCUT2D eigenvalue weighted by Gasteiger charge is 2.12. The van der Waals surface area contributed by atoms with Gasteiger partial charge < -0.3 is 10.2 Å². The van der Waals surface area contributed by atoms with Crippen molar-refractivity contribution in [3.05, 3.63) is 63.6 Å². The van der Waals surface area contributed by atoms with Crippen LogP contribution in [0.15, 0.2) is 47.3 Å². The summed E-state index contributed by atoms with van der Waals surface area (Å²) in [4.78, 5) is 1.94. The number of halogens is 2. The summed E-state index contributed by atoms with van der Waals surface area (Å²) in [5.74, 6) is 0. The molecule has 3 aromatic rings. The SMILES string of the molecule is CCn1cc(Br)c(CN(C)C(=S)Nc2cnn(Cc3cccc(Cl)c3)c2)n1. The smallest absolute Gasteiger partial charge is 0.173 e. The summed E-state index contributed by atoms with van der Waals surface area (Å²) in [6, 6.07) is 7.74. The van der Waals surface area contributed by atoms with Crippen LogP contribution < -0.4 is 5.32 Å². The molecule has 0 aliphatic heterocycles. The number of hydrogen-bond donors (Lipinski definition) is 1. The van der Waals surface area contributed by atoms with Crippen LogP contribution in [0.4, 0.5) is 5.69 Å². The average Bonchev–Trinajstić information content (AvgIpc) is 3.21. The third kappa shape index (κ3) is 5.31. The van der Waals surface area contributed by atoms with Crippen LogP contribution >= 0.6 is 39.7 Å². The third-order valence-corrected chi connectivity index (χ3v) is 5.27. The number of benzene rings is 1. The molecule has 2 heterocycles. The molecule has 0 aliphatic carbocycles. The predicted octanol–water partition coefficient (Wildman–Crippen LogP) is 4.39.